The Labute approximate surface area is 107 Å². The number of thiocarbonyl (C=S) groups is 1. The summed E-state index contributed by atoms with van der Waals surface area (Å²) >= 11 is 5.34. The van der Waals surface area contributed by atoms with Gasteiger partial charge in [0.1, 0.15) is 6.17 Å². The van der Waals surface area contributed by atoms with Crippen LogP contribution in [0.5, 0.6) is 0 Å². The highest BCUT2D eigenvalue weighted by atomic mass is 32.1. The lowest BCUT2D eigenvalue weighted by atomic mass is 9.89. The van der Waals surface area contributed by atoms with Crippen molar-refractivity contribution in [1.29, 1.82) is 0 Å². The van der Waals surface area contributed by atoms with E-state index in [9.17, 15) is 4.79 Å². The molecular formula is C12H20N2O2S. The van der Waals surface area contributed by atoms with Crippen LogP contribution in [0.2, 0.25) is 0 Å². The van der Waals surface area contributed by atoms with Gasteiger partial charge in [0.2, 0.25) is 0 Å². The molecule has 0 aromatic heterocycles. The number of hydrogen-bond acceptors (Lipinski definition) is 3. The predicted molar refractivity (Wildman–Crippen MR) is 71.9 cm³/mol. The summed E-state index contributed by atoms with van der Waals surface area (Å²) in [4.78, 5) is 11.7. The average Bonchev–Trinajstić information content (AvgIpc) is 2.54. The Kier molecular flexibility index (Phi) is 3.94. The Morgan fingerprint density at radius 1 is 1.47 bits per heavy atom. The van der Waals surface area contributed by atoms with Gasteiger partial charge in [-0.05, 0) is 32.3 Å². The predicted octanol–water partition coefficient (Wildman–Crippen LogP) is 1.67. The summed E-state index contributed by atoms with van der Waals surface area (Å²) in [5, 5.41) is 15.5. The molecule has 17 heavy (non-hydrogen) atoms. The first kappa shape index (κ1) is 14.1. The van der Waals surface area contributed by atoms with Gasteiger partial charge in [-0.25, -0.2) is 4.79 Å². The van der Waals surface area contributed by atoms with Crippen LogP contribution in [0.4, 0.5) is 0 Å². The SMILES string of the molecule is C/C(C(=O)O)=C(\C)[C@H]1NC(=S)[C@](C)(C(C)C)N1. The minimum atomic E-state index is -0.893. The van der Waals surface area contributed by atoms with E-state index >= 15 is 0 Å². The molecule has 0 aromatic carbocycles. The van der Waals surface area contributed by atoms with Crippen LogP contribution in [0.25, 0.3) is 0 Å². The van der Waals surface area contributed by atoms with Gasteiger partial charge in [0.05, 0.1) is 10.5 Å². The van der Waals surface area contributed by atoms with Crippen LogP contribution < -0.4 is 10.6 Å². The molecule has 1 heterocycles. The number of hydrogen-bond donors (Lipinski definition) is 3. The van der Waals surface area contributed by atoms with Crippen LogP contribution in [0, 0.1) is 5.92 Å². The van der Waals surface area contributed by atoms with E-state index in [0.717, 1.165) is 10.6 Å². The van der Waals surface area contributed by atoms with Crippen molar-refractivity contribution in [1.82, 2.24) is 10.6 Å². The van der Waals surface area contributed by atoms with Gasteiger partial charge >= 0.3 is 5.97 Å². The Balaban J connectivity index is 2.98. The van der Waals surface area contributed by atoms with Gasteiger partial charge in [0.15, 0.2) is 0 Å². The van der Waals surface area contributed by atoms with E-state index in [0.29, 0.717) is 11.5 Å². The molecule has 1 saturated heterocycles. The van der Waals surface area contributed by atoms with Gasteiger partial charge in [-0.1, -0.05) is 26.1 Å². The number of nitrogens with one attached hydrogen (secondary N) is 2. The summed E-state index contributed by atoms with van der Waals surface area (Å²) < 4.78 is 0. The third-order valence-corrected chi connectivity index (χ3v) is 4.23. The monoisotopic (exact) mass is 256 g/mol. The first-order valence-corrected chi connectivity index (χ1v) is 6.10. The molecule has 0 unspecified atom stereocenters. The van der Waals surface area contributed by atoms with E-state index in [-0.39, 0.29) is 11.7 Å². The molecule has 0 spiro atoms. The van der Waals surface area contributed by atoms with Crippen LogP contribution in [0.1, 0.15) is 34.6 Å². The van der Waals surface area contributed by atoms with Gasteiger partial charge in [-0.15, -0.1) is 0 Å². The van der Waals surface area contributed by atoms with E-state index < -0.39 is 5.97 Å². The third kappa shape index (κ3) is 2.50. The second-order valence-corrected chi connectivity index (χ2v) is 5.43. The first-order chi connectivity index (χ1) is 7.70. The minimum absolute atomic E-state index is 0.189. The summed E-state index contributed by atoms with van der Waals surface area (Å²) in [5.74, 6) is -0.555. The Bertz CT molecular complexity index is 390. The van der Waals surface area contributed by atoms with E-state index in [1.807, 2.05) is 13.8 Å². The van der Waals surface area contributed by atoms with Crippen molar-refractivity contribution < 1.29 is 9.90 Å². The number of rotatable bonds is 3. The lowest BCUT2D eigenvalue weighted by molar-refractivity contribution is -0.132. The van der Waals surface area contributed by atoms with Crippen LogP contribution in [0.15, 0.2) is 11.1 Å². The summed E-state index contributed by atoms with van der Waals surface area (Å²) in [6, 6.07) is 0. The van der Waals surface area contributed by atoms with Crippen molar-refractivity contribution in [2.45, 2.75) is 46.3 Å². The van der Waals surface area contributed by atoms with Crippen molar-refractivity contribution in [3.8, 4) is 0 Å². The standard InChI is InChI=1S/C12H20N2O2S/c1-6(2)12(5)11(17)13-9(14-12)7(3)8(4)10(15)16/h6,9,14H,1-5H3,(H,13,17)(H,15,16)/b8-7-/t9-,12-/m0/s1. The molecule has 1 aliphatic rings. The molecule has 1 aliphatic heterocycles. The number of carboxylic acid groups (broad SMARTS) is 1. The fourth-order valence-corrected chi connectivity index (χ4v) is 2.13. The number of carboxylic acids is 1. The summed E-state index contributed by atoms with van der Waals surface area (Å²) in [7, 11) is 0. The van der Waals surface area contributed by atoms with Crippen LogP contribution in [-0.2, 0) is 4.79 Å². The molecule has 3 N–H and O–H groups in total. The zero-order chi connectivity index (χ0) is 13.4. The molecule has 0 radical (unpaired) electrons. The zero-order valence-electron chi connectivity index (χ0n) is 10.9. The summed E-state index contributed by atoms with van der Waals surface area (Å²) in [5.41, 5.74) is 0.843. The van der Waals surface area contributed by atoms with E-state index in [2.05, 4.69) is 24.5 Å². The third-order valence-electron chi connectivity index (χ3n) is 3.69. The molecule has 0 saturated carbocycles. The zero-order valence-corrected chi connectivity index (χ0v) is 11.7. The van der Waals surface area contributed by atoms with Crippen molar-refractivity contribution in [2.24, 2.45) is 5.92 Å². The highest BCUT2D eigenvalue weighted by Crippen LogP contribution is 2.25. The number of aliphatic carboxylic acids is 1. The molecular weight excluding hydrogens is 236 g/mol. The highest BCUT2D eigenvalue weighted by molar-refractivity contribution is 7.80. The molecule has 4 nitrogen and oxygen atoms in total. The Morgan fingerprint density at radius 3 is 2.35 bits per heavy atom. The van der Waals surface area contributed by atoms with Crippen molar-refractivity contribution in [3.63, 3.8) is 0 Å². The van der Waals surface area contributed by atoms with Crippen molar-refractivity contribution in [3.05, 3.63) is 11.1 Å². The molecule has 0 aliphatic carbocycles. The Hall–Kier alpha value is -0.940. The smallest absolute Gasteiger partial charge is 0.331 e. The molecule has 0 amide bonds. The van der Waals surface area contributed by atoms with Gasteiger partial charge < -0.3 is 10.4 Å². The topological polar surface area (TPSA) is 61.4 Å². The highest BCUT2D eigenvalue weighted by Gasteiger charge is 2.42. The second kappa shape index (κ2) is 4.74. The quantitative estimate of drug-likeness (QED) is 0.529. The fourth-order valence-electron chi connectivity index (χ4n) is 1.71. The normalized spacial score (nSPS) is 30.2. The Morgan fingerprint density at radius 2 is 2.00 bits per heavy atom. The van der Waals surface area contributed by atoms with Gasteiger partial charge in [-0.3, -0.25) is 5.32 Å². The maximum absolute atomic E-state index is 10.9. The summed E-state index contributed by atoms with van der Waals surface area (Å²) in [6.07, 6.45) is -0.189. The van der Waals surface area contributed by atoms with Crippen LogP contribution in [-0.4, -0.2) is 27.8 Å². The lowest BCUT2D eigenvalue weighted by Crippen LogP contribution is -2.48. The van der Waals surface area contributed by atoms with E-state index in [1.54, 1.807) is 6.92 Å². The van der Waals surface area contributed by atoms with E-state index in [1.165, 1.54) is 0 Å². The molecule has 2 atom stereocenters. The minimum Gasteiger partial charge on any atom is -0.478 e. The molecule has 96 valence electrons. The first-order valence-electron chi connectivity index (χ1n) is 5.69. The number of carbonyl (C=O) groups is 1. The fraction of sp³-hybridized carbons (Fsp3) is 0.667. The maximum atomic E-state index is 10.9. The van der Waals surface area contributed by atoms with Crippen molar-refractivity contribution in [2.75, 3.05) is 0 Å². The molecule has 5 heteroatoms. The average molecular weight is 256 g/mol. The second-order valence-electron chi connectivity index (χ2n) is 5.02. The molecule has 0 bridgehead atoms. The molecule has 1 rings (SSSR count). The van der Waals surface area contributed by atoms with Gasteiger partial charge in [0.25, 0.3) is 0 Å². The largest absolute Gasteiger partial charge is 0.478 e. The van der Waals surface area contributed by atoms with Crippen LogP contribution >= 0.6 is 12.2 Å². The molecule has 0 aromatic rings. The summed E-state index contributed by atoms with van der Waals surface area (Å²) in [6.45, 7) is 9.63. The maximum Gasteiger partial charge on any atom is 0.331 e. The van der Waals surface area contributed by atoms with Gasteiger partial charge in [0, 0.05) is 5.57 Å². The molecule has 1 fully saturated rings. The lowest BCUT2D eigenvalue weighted by Gasteiger charge is -2.28. The van der Waals surface area contributed by atoms with Crippen LogP contribution in [0.3, 0.4) is 0 Å². The van der Waals surface area contributed by atoms with Gasteiger partial charge in [-0.2, -0.15) is 0 Å². The van der Waals surface area contributed by atoms with E-state index in [4.69, 9.17) is 17.3 Å². The van der Waals surface area contributed by atoms with Crippen molar-refractivity contribution >= 4 is 23.2 Å².